The molecular formula is C14H17N3O. The lowest BCUT2D eigenvalue weighted by atomic mass is 10.1. The molecule has 1 unspecified atom stereocenters. The van der Waals surface area contributed by atoms with Crippen LogP contribution in [0, 0.1) is 6.92 Å². The highest BCUT2D eigenvalue weighted by atomic mass is 16.5. The smallest absolute Gasteiger partial charge is 0.231 e. The first-order valence-corrected chi connectivity index (χ1v) is 6.43. The van der Waals surface area contributed by atoms with E-state index in [1.54, 1.807) is 0 Å². The van der Waals surface area contributed by atoms with Crippen LogP contribution in [0.1, 0.15) is 41.7 Å². The Kier molecular flexibility index (Phi) is 3.11. The van der Waals surface area contributed by atoms with Crippen LogP contribution in [0.25, 0.3) is 0 Å². The summed E-state index contributed by atoms with van der Waals surface area (Å²) >= 11 is 0. The lowest BCUT2D eigenvalue weighted by molar-refractivity contribution is 0.373. The summed E-state index contributed by atoms with van der Waals surface area (Å²) in [5, 5.41) is 7.44. The fourth-order valence-electron chi connectivity index (χ4n) is 2.38. The highest BCUT2D eigenvalue weighted by Crippen LogP contribution is 2.20. The molecule has 1 aliphatic heterocycles. The number of rotatable bonds is 3. The van der Waals surface area contributed by atoms with Crippen LogP contribution in [0.4, 0.5) is 0 Å². The summed E-state index contributed by atoms with van der Waals surface area (Å²) < 4.78 is 5.32. The Morgan fingerprint density at radius 1 is 1.44 bits per heavy atom. The lowest BCUT2D eigenvalue weighted by Gasteiger charge is -2.01. The summed E-state index contributed by atoms with van der Waals surface area (Å²) in [5.74, 6) is 1.50. The van der Waals surface area contributed by atoms with Gasteiger partial charge < -0.3 is 9.84 Å². The molecule has 3 rings (SSSR count). The molecule has 1 fully saturated rings. The third kappa shape index (κ3) is 2.43. The van der Waals surface area contributed by atoms with Crippen LogP contribution in [0.2, 0.25) is 0 Å². The molecule has 0 bridgehead atoms. The normalized spacial score (nSPS) is 19.3. The largest absolute Gasteiger partial charge is 0.339 e. The molecule has 0 radical (unpaired) electrons. The van der Waals surface area contributed by atoms with Gasteiger partial charge in [0.25, 0.3) is 0 Å². The molecule has 0 saturated carbocycles. The van der Waals surface area contributed by atoms with Crippen molar-refractivity contribution in [1.82, 2.24) is 15.5 Å². The van der Waals surface area contributed by atoms with Crippen LogP contribution in [0.5, 0.6) is 0 Å². The second-order valence-corrected chi connectivity index (χ2v) is 4.86. The quantitative estimate of drug-likeness (QED) is 0.899. The van der Waals surface area contributed by atoms with Gasteiger partial charge in [0.1, 0.15) is 0 Å². The Labute approximate surface area is 106 Å². The molecule has 1 aromatic carbocycles. The highest BCUT2D eigenvalue weighted by molar-refractivity contribution is 5.24. The summed E-state index contributed by atoms with van der Waals surface area (Å²) in [7, 11) is 0. The van der Waals surface area contributed by atoms with Crippen molar-refractivity contribution < 1.29 is 4.52 Å². The van der Waals surface area contributed by atoms with Crippen LogP contribution >= 0.6 is 0 Å². The number of aromatic nitrogens is 2. The van der Waals surface area contributed by atoms with Crippen LogP contribution in [-0.4, -0.2) is 16.7 Å². The molecule has 1 aliphatic rings. The van der Waals surface area contributed by atoms with E-state index in [0.717, 1.165) is 18.8 Å². The minimum Gasteiger partial charge on any atom is -0.339 e. The molecule has 94 valence electrons. The van der Waals surface area contributed by atoms with Gasteiger partial charge in [-0.3, -0.25) is 0 Å². The van der Waals surface area contributed by atoms with Gasteiger partial charge in [0, 0.05) is 0 Å². The topological polar surface area (TPSA) is 51.0 Å². The van der Waals surface area contributed by atoms with Gasteiger partial charge in [-0.25, -0.2) is 0 Å². The molecule has 0 amide bonds. The SMILES string of the molecule is Cc1cccc(Cc2nc(C3CCCN3)no2)c1. The van der Waals surface area contributed by atoms with Crippen molar-refractivity contribution in [3.05, 3.63) is 47.1 Å². The average Bonchev–Trinajstić information content (AvgIpc) is 2.98. The van der Waals surface area contributed by atoms with E-state index in [0.29, 0.717) is 12.3 Å². The van der Waals surface area contributed by atoms with Gasteiger partial charge in [-0.2, -0.15) is 4.98 Å². The third-order valence-corrected chi connectivity index (χ3v) is 3.29. The Balaban J connectivity index is 1.73. The van der Waals surface area contributed by atoms with Gasteiger partial charge in [0.2, 0.25) is 5.89 Å². The van der Waals surface area contributed by atoms with E-state index in [9.17, 15) is 0 Å². The first-order chi connectivity index (χ1) is 8.81. The zero-order chi connectivity index (χ0) is 12.4. The van der Waals surface area contributed by atoms with Gasteiger partial charge in [-0.15, -0.1) is 0 Å². The van der Waals surface area contributed by atoms with Crippen molar-refractivity contribution in [2.75, 3.05) is 6.54 Å². The van der Waals surface area contributed by atoms with Gasteiger partial charge in [0.15, 0.2) is 5.82 Å². The first kappa shape index (κ1) is 11.4. The molecule has 1 aromatic heterocycles. The van der Waals surface area contributed by atoms with Gasteiger partial charge in [0.05, 0.1) is 12.5 Å². The van der Waals surface area contributed by atoms with Crippen molar-refractivity contribution in [2.24, 2.45) is 0 Å². The summed E-state index contributed by atoms with van der Waals surface area (Å²) in [6, 6.07) is 8.66. The maximum atomic E-state index is 5.32. The number of nitrogens with one attached hydrogen (secondary N) is 1. The molecule has 1 atom stereocenters. The second kappa shape index (κ2) is 4.90. The monoisotopic (exact) mass is 243 g/mol. The van der Waals surface area contributed by atoms with E-state index in [-0.39, 0.29) is 6.04 Å². The second-order valence-electron chi connectivity index (χ2n) is 4.86. The van der Waals surface area contributed by atoms with Crippen LogP contribution in [0.3, 0.4) is 0 Å². The van der Waals surface area contributed by atoms with E-state index in [2.05, 4.69) is 46.6 Å². The van der Waals surface area contributed by atoms with E-state index in [1.807, 2.05) is 0 Å². The zero-order valence-electron chi connectivity index (χ0n) is 10.5. The van der Waals surface area contributed by atoms with Gasteiger partial charge in [-0.1, -0.05) is 35.0 Å². The minimum absolute atomic E-state index is 0.278. The summed E-state index contributed by atoms with van der Waals surface area (Å²) in [5.41, 5.74) is 2.47. The molecule has 0 aliphatic carbocycles. The van der Waals surface area contributed by atoms with Crippen molar-refractivity contribution in [1.29, 1.82) is 0 Å². The summed E-state index contributed by atoms with van der Waals surface area (Å²) in [6.45, 7) is 3.14. The molecule has 4 nitrogen and oxygen atoms in total. The van der Waals surface area contributed by atoms with Crippen LogP contribution in [0.15, 0.2) is 28.8 Å². The Hall–Kier alpha value is -1.68. The predicted octanol–water partition coefficient (Wildman–Crippen LogP) is 2.39. The minimum atomic E-state index is 0.278. The summed E-state index contributed by atoms with van der Waals surface area (Å²) in [4.78, 5) is 4.48. The van der Waals surface area contributed by atoms with E-state index in [1.165, 1.54) is 17.5 Å². The van der Waals surface area contributed by atoms with E-state index < -0.39 is 0 Å². The zero-order valence-corrected chi connectivity index (χ0v) is 10.5. The van der Waals surface area contributed by atoms with Gasteiger partial charge >= 0.3 is 0 Å². The number of hydrogen-bond acceptors (Lipinski definition) is 4. The molecule has 18 heavy (non-hydrogen) atoms. The Morgan fingerprint density at radius 2 is 2.39 bits per heavy atom. The molecular weight excluding hydrogens is 226 g/mol. The number of benzene rings is 1. The highest BCUT2D eigenvalue weighted by Gasteiger charge is 2.21. The maximum Gasteiger partial charge on any atom is 0.231 e. The fourth-order valence-corrected chi connectivity index (χ4v) is 2.38. The van der Waals surface area contributed by atoms with Crippen LogP contribution in [-0.2, 0) is 6.42 Å². The third-order valence-electron chi connectivity index (χ3n) is 3.29. The molecule has 1 saturated heterocycles. The number of aryl methyl sites for hydroxylation is 1. The maximum absolute atomic E-state index is 5.32. The van der Waals surface area contributed by atoms with E-state index >= 15 is 0 Å². The van der Waals surface area contributed by atoms with Crippen LogP contribution < -0.4 is 5.32 Å². The van der Waals surface area contributed by atoms with Crippen molar-refractivity contribution in [2.45, 2.75) is 32.2 Å². The fraction of sp³-hybridized carbons (Fsp3) is 0.429. The Morgan fingerprint density at radius 3 is 3.17 bits per heavy atom. The number of hydrogen-bond donors (Lipinski definition) is 1. The molecule has 2 aromatic rings. The van der Waals surface area contributed by atoms with Gasteiger partial charge in [-0.05, 0) is 31.9 Å². The Bertz CT molecular complexity index is 529. The molecule has 0 spiro atoms. The molecule has 4 heteroatoms. The van der Waals surface area contributed by atoms with Crippen molar-refractivity contribution in [3.63, 3.8) is 0 Å². The average molecular weight is 243 g/mol. The molecule has 1 N–H and O–H groups in total. The summed E-state index contributed by atoms with van der Waals surface area (Å²) in [6.07, 6.45) is 3.00. The number of nitrogens with zero attached hydrogens (tertiary/aromatic N) is 2. The standard InChI is InChI=1S/C14H17N3O/c1-10-4-2-5-11(8-10)9-13-16-14(17-18-13)12-6-3-7-15-12/h2,4-5,8,12,15H,3,6-7,9H2,1H3. The predicted molar refractivity (Wildman–Crippen MR) is 68.3 cm³/mol. The molecule has 2 heterocycles. The van der Waals surface area contributed by atoms with Crippen molar-refractivity contribution in [3.8, 4) is 0 Å². The van der Waals surface area contributed by atoms with Crippen molar-refractivity contribution >= 4 is 0 Å². The first-order valence-electron chi connectivity index (χ1n) is 6.43. The van der Waals surface area contributed by atoms with E-state index in [4.69, 9.17) is 4.52 Å². The lowest BCUT2D eigenvalue weighted by Crippen LogP contribution is -2.14.